The maximum atomic E-state index is 11.8. The third-order valence-electron chi connectivity index (χ3n) is 3.94. The highest BCUT2D eigenvalue weighted by atomic mass is 16.6. The summed E-state index contributed by atoms with van der Waals surface area (Å²) < 4.78 is 0. The van der Waals surface area contributed by atoms with Crippen molar-refractivity contribution in [1.29, 1.82) is 0 Å². The molecule has 114 valence electrons. The third-order valence-corrected chi connectivity index (χ3v) is 3.94. The molecule has 1 fully saturated rings. The Bertz CT molecular complexity index is 512. The van der Waals surface area contributed by atoms with Crippen molar-refractivity contribution >= 4 is 11.6 Å². The fourth-order valence-electron chi connectivity index (χ4n) is 2.76. The molecule has 1 amide bonds. The zero-order valence-corrected chi connectivity index (χ0v) is 11.8. The molecule has 0 radical (unpaired) electrons. The van der Waals surface area contributed by atoms with Crippen LogP contribution < -0.4 is 5.32 Å². The van der Waals surface area contributed by atoms with E-state index in [-0.39, 0.29) is 30.5 Å². The number of rotatable bonds is 6. The van der Waals surface area contributed by atoms with Crippen LogP contribution in [0.15, 0.2) is 24.3 Å². The molecule has 2 rings (SSSR count). The number of hydrogen-bond acceptors (Lipinski definition) is 4. The summed E-state index contributed by atoms with van der Waals surface area (Å²) in [6, 6.07) is 6.03. The Morgan fingerprint density at radius 2 is 2.14 bits per heavy atom. The Labute approximate surface area is 123 Å². The monoisotopic (exact) mass is 292 g/mol. The molecule has 6 heteroatoms. The maximum absolute atomic E-state index is 11.8. The van der Waals surface area contributed by atoms with E-state index >= 15 is 0 Å². The van der Waals surface area contributed by atoms with Crippen molar-refractivity contribution in [2.75, 3.05) is 6.54 Å². The number of carbonyl (C=O) groups is 1. The second kappa shape index (κ2) is 7.17. The fourth-order valence-corrected chi connectivity index (χ4v) is 2.76. The lowest BCUT2D eigenvalue weighted by molar-refractivity contribution is -0.384. The average molecular weight is 292 g/mol. The molecule has 1 aliphatic rings. The molecule has 1 saturated carbocycles. The molecule has 1 aromatic rings. The first-order valence-electron chi connectivity index (χ1n) is 7.24. The number of amides is 1. The Morgan fingerprint density at radius 3 is 2.81 bits per heavy atom. The van der Waals surface area contributed by atoms with Crippen LogP contribution in [0.25, 0.3) is 0 Å². The number of hydrogen-bond donors (Lipinski definition) is 2. The number of benzene rings is 1. The van der Waals surface area contributed by atoms with Crippen molar-refractivity contribution in [2.45, 2.75) is 38.2 Å². The van der Waals surface area contributed by atoms with Crippen LogP contribution in [0.5, 0.6) is 0 Å². The van der Waals surface area contributed by atoms with Gasteiger partial charge in [0.1, 0.15) is 0 Å². The van der Waals surface area contributed by atoms with Gasteiger partial charge in [-0.25, -0.2) is 0 Å². The number of nitro groups is 1. The highest BCUT2D eigenvalue weighted by molar-refractivity contribution is 5.78. The molecule has 0 saturated heterocycles. The molecule has 2 N–H and O–H groups in total. The van der Waals surface area contributed by atoms with E-state index in [1.54, 1.807) is 12.1 Å². The predicted octanol–water partition coefficient (Wildman–Crippen LogP) is 1.80. The van der Waals surface area contributed by atoms with E-state index in [2.05, 4.69) is 5.32 Å². The van der Waals surface area contributed by atoms with Gasteiger partial charge < -0.3 is 10.4 Å². The first-order valence-corrected chi connectivity index (χ1v) is 7.24. The van der Waals surface area contributed by atoms with Crippen molar-refractivity contribution in [3.05, 3.63) is 39.9 Å². The molecule has 0 aromatic heterocycles. The highest BCUT2D eigenvalue weighted by Gasteiger charge is 2.23. The van der Waals surface area contributed by atoms with Gasteiger partial charge in [-0.2, -0.15) is 0 Å². The smallest absolute Gasteiger partial charge is 0.269 e. The van der Waals surface area contributed by atoms with Gasteiger partial charge in [0.2, 0.25) is 5.91 Å². The van der Waals surface area contributed by atoms with Crippen molar-refractivity contribution in [3.63, 3.8) is 0 Å². The van der Waals surface area contributed by atoms with Gasteiger partial charge in [0.15, 0.2) is 0 Å². The number of nitro benzene ring substituents is 1. The Morgan fingerprint density at radius 1 is 1.43 bits per heavy atom. The standard InChI is InChI=1S/C15H20N2O4/c18-14(12-5-1-2-6-12)10-16-15(19)9-11-4-3-7-13(8-11)17(20)21/h3-4,7-8,12,14,18H,1-2,5-6,9-10H2,(H,16,19)/t14-/m1/s1. The second-order valence-electron chi connectivity index (χ2n) is 5.52. The van der Waals surface area contributed by atoms with Crippen LogP contribution in [-0.2, 0) is 11.2 Å². The normalized spacial score (nSPS) is 16.6. The Kier molecular flexibility index (Phi) is 5.27. The van der Waals surface area contributed by atoms with Crippen LogP contribution in [0, 0.1) is 16.0 Å². The highest BCUT2D eigenvalue weighted by Crippen LogP contribution is 2.27. The van der Waals surface area contributed by atoms with E-state index in [9.17, 15) is 20.0 Å². The largest absolute Gasteiger partial charge is 0.391 e. The summed E-state index contributed by atoms with van der Waals surface area (Å²) in [4.78, 5) is 22.0. The molecule has 0 bridgehead atoms. The second-order valence-corrected chi connectivity index (χ2v) is 5.52. The minimum Gasteiger partial charge on any atom is -0.391 e. The molecule has 1 aliphatic carbocycles. The van der Waals surface area contributed by atoms with Crippen molar-refractivity contribution in [3.8, 4) is 0 Å². The lowest BCUT2D eigenvalue weighted by Crippen LogP contribution is -2.36. The number of nitrogens with zero attached hydrogens (tertiary/aromatic N) is 1. The first kappa shape index (κ1) is 15.4. The number of carbonyl (C=O) groups excluding carboxylic acids is 1. The van der Waals surface area contributed by atoms with Gasteiger partial charge in [0.25, 0.3) is 5.69 Å². The molecule has 1 aromatic carbocycles. The van der Waals surface area contributed by atoms with Crippen LogP contribution in [0.4, 0.5) is 5.69 Å². The number of nitrogens with one attached hydrogen (secondary N) is 1. The van der Waals surface area contributed by atoms with Gasteiger partial charge in [-0.3, -0.25) is 14.9 Å². The summed E-state index contributed by atoms with van der Waals surface area (Å²) in [6.45, 7) is 0.248. The summed E-state index contributed by atoms with van der Waals surface area (Å²) in [5.74, 6) is 0.0515. The van der Waals surface area contributed by atoms with E-state index in [4.69, 9.17) is 0 Å². The fraction of sp³-hybridized carbons (Fsp3) is 0.533. The summed E-state index contributed by atoms with van der Waals surface area (Å²) in [5.41, 5.74) is 0.573. The van der Waals surface area contributed by atoms with E-state index in [0.29, 0.717) is 5.56 Å². The van der Waals surface area contributed by atoms with E-state index < -0.39 is 11.0 Å². The molecule has 0 heterocycles. The van der Waals surface area contributed by atoms with Crippen LogP contribution >= 0.6 is 0 Å². The minimum absolute atomic E-state index is 0.0220. The molecule has 1 atom stereocenters. The van der Waals surface area contributed by atoms with E-state index in [1.165, 1.54) is 12.1 Å². The van der Waals surface area contributed by atoms with Crippen molar-refractivity contribution < 1.29 is 14.8 Å². The van der Waals surface area contributed by atoms with Gasteiger partial charge in [-0.15, -0.1) is 0 Å². The summed E-state index contributed by atoms with van der Waals surface area (Å²) >= 11 is 0. The van der Waals surface area contributed by atoms with E-state index in [0.717, 1.165) is 25.7 Å². The molecule has 0 spiro atoms. The average Bonchev–Trinajstić information content (AvgIpc) is 2.99. The SMILES string of the molecule is O=C(Cc1cccc([N+](=O)[O-])c1)NC[C@@H](O)C1CCCC1. The van der Waals surface area contributed by atoms with Crippen molar-refractivity contribution in [1.82, 2.24) is 5.32 Å². The number of aliphatic hydroxyl groups excluding tert-OH is 1. The summed E-state index contributed by atoms with van der Waals surface area (Å²) in [6.07, 6.45) is 3.90. The molecule has 0 unspecified atom stereocenters. The predicted molar refractivity (Wildman–Crippen MR) is 77.8 cm³/mol. The zero-order chi connectivity index (χ0) is 15.2. The lowest BCUT2D eigenvalue weighted by atomic mass is 10.0. The summed E-state index contributed by atoms with van der Waals surface area (Å²) in [5, 5.41) is 23.3. The van der Waals surface area contributed by atoms with Crippen LogP contribution in [0.2, 0.25) is 0 Å². The Balaban J connectivity index is 1.81. The minimum atomic E-state index is -0.499. The van der Waals surface area contributed by atoms with Gasteiger partial charge in [0, 0.05) is 18.7 Å². The molecular weight excluding hydrogens is 272 g/mol. The van der Waals surface area contributed by atoms with Crippen LogP contribution in [-0.4, -0.2) is 28.6 Å². The Hall–Kier alpha value is -1.95. The van der Waals surface area contributed by atoms with Gasteiger partial charge in [0.05, 0.1) is 17.4 Å². The van der Waals surface area contributed by atoms with E-state index in [1.807, 2.05) is 0 Å². The first-order chi connectivity index (χ1) is 10.1. The maximum Gasteiger partial charge on any atom is 0.269 e. The van der Waals surface area contributed by atoms with Gasteiger partial charge in [-0.05, 0) is 24.3 Å². The third kappa shape index (κ3) is 4.53. The topological polar surface area (TPSA) is 92.5 Å². The summed E-state index contributed by atoms with van der Waals surface area (Å²) in [7, 11) is 0. The molecule has 0 aliphatic heterocycles. The van der Waals surface area contributed by atoms with Gasteiger partial charge in [-0.1, -0.05) is 25.0 Å². The zero-order valence-electron chi connectivity index (χ0n) is 11.8. The molecule has 21 heavy (non-hydrogen) atoms. The van der Waals surface area contributed by atoms with Crippen LogP contribution in [0.3, 0.4) is 0 Å². The quantitative estimate of drug-likeness (QED) is 0.617. The molecular formula is C15H20N2O4. The van der Waals surface area contributed by atoms with Crippen LogP contribution in [0.1, 0.15) is 31.2 Å². The van der Waals surface area contributed by atoms with Gasteiger partial charge >= 0.3 is 0 Å². The molecule has 6 nitrogen and oxygen atoms in total. The number of aliphatic hydroxyl groups is 1. The van der Waals surface area contributed by atoms with Crippen molar-refractivity contribution in [2.24, 2.45) is 5.92 Å². The number of non-ortho nitro benzene ring substituents is 1. The lowest BCUT2D eigenvalue weighted by Gasteiger charge is -2.18.